The third kappa shape index (κ3) is 2.61. The maximum Gasteiger partial charge on any atom is 0.331 e. The Hall–Kier alpha value is -1.36. The van der Waals surface area contributed by atoms with Crippen LogP contribution in [0.3, 0.4) is 0 Å². The molecule has 1 heterocycles. The van der Waals surface area contributed by atoms with Gasteiger partial charge in [-0.25, -0.2) is 4.79 Å². The van der Waals surface area contributed by atoms with E-state index >= 15 is 0 Å². The molecule has 0 radical (unpaired) electrons. The van der Waals surface area contributed by atoms with Gasteiger partial charge in [0.25, 0.3) is 0 Å². The molecule has 0 aromatic heterocycles. The van der Waals surface area contributed by atoms with E-state index in [4.69, 9.17) is 4.74 Å². The van der Waals surface area contributed by atoms with Gasteiger partial charge in [-0.05, 0) is 13.3 Å². The van der Waals surface area contributed by atoms with Gasteiger partial charge in [0, 0.05) is 13.0 Å². The van der Waals surface area contributed by atoms with Crippen LogP contribution >= 0.6 is 0 Å². The highest BCUT2D eigenvalue weighted by Crippen LogP contribution is 2.20. The molecular weight excluding hydrogens is 210 g/mol. The first-order valence-corrected chi connectivity index (χ1v) is 5.36. The van der Waals surface area contributed by atoms with Crippen molar-refractivity contribution in [3.63, 3.8) is 0 Å². The summed E-state index contributed by atoms with van der Waals surface area (Å²) in [6.07, 6.45) is 1.24. The van der Waals surface area contributed by atoms with Gasteiger partial charge in [-0.1, -0.05) is 6.08 Å². The molecule has 0 bridgehead atoms. The molecule has 16 heavy (non-hydrogen) atoms. The minimum absolute atomic E-state index is 0.150. The fraction of sp³-hybridized carbons (Fsp3) is 0.636. The lowest BCUT2D eigenvalue weighted by molar-refractivity contribution is -0.163. The van der Waals surface area contributed by atoms with Crippen molar-refractivity contribution in [1.82, 2.24) is 4.90 Å². The van der Waals surface area contributed by atoms with Crippen molar-refractivity contribution in [2.45, 2.75) is 31.9 Å². The number of esters is 1. The normalized spacial score (nSPS) is 25.4. The third-order valence-corrected chi connectivity index (χ3v) is 2.53. The van der Waals surface area contributed by atoms with Crippen LogP contribution in [-0.2, 0) is 14.3 Å². The second kappa shape index (κ2) is 5.65. The van der Waals surface area contributed by atoms with Crippen molar-refractivity contribution in [1.29, 1.82) is 0 Å². The predicted octanol–water partition coefficient (Wildman–Crippen LogP) is 0.0874. The molecule has 5 heteroatoms. The standard InChI is InChI=1S/C11H17NO4/c1-3-7-12-9(14)6-5-8(13)10(12)11(15)16-4-2/h3,8,10,13H,1,4-7H2,2H3/t8-,10+/m0/s1. The van der Waals surface area contributed by atoms with E-state index in [1.807, 2.05) is 0 Å². The molecule has 0 aliphatic carbocycles. The average molecular weight is 227 g/mol. The van der Waals surface area contributed by atoms with Crippen LogP contribution in [0.15, 0.2) is 12.7 Å². The highest BCUT2D eigenvalue weighted by atomic mass is 16.5. The number of hydrogen-bond donors (Lipinski definition) is 1. The Kier molecular flexibility index (Phi) is 4.49. The first-order valence-electron chi connectivity index (χ1n) is 5.36. The van der Waals surface area contributed by atoms with Crippen LogP contribution < -0.4 is 0 Å². The van der Waals surface area contributed by atoms with Crippen molar-refractivity contribution < 1.29 is 19.4 Å². The smallest absolute Gasteiger partial charge is 0.331 e. The molecule has 1 aliphatic heterocycles. The molecule has 0 spiro atoms. The van der Waals surface area contributed by atoms with Crippen molar-refractivity contribution >= 4 is 11.9 Å². The zero-order valence-corrected chi connectivity index (χ0v) is 9.39. The molecule has 0 unspecified atom stereocenters. The SMILES string of the molecule is C=CCN1C(=O)CC[C@H](O)[C@@H]1C(=O)OCC. The van der Waals surface area contributed by atoms with Gasteiger partial charge in [-0.2, -0.15) is 0 Å². The van der Waals surface area contributed by atoms with E-state index in [9.17, 15) is 14.7 Å². The summed E-state index contributed by atoms with van der Waals surface area (Å²) in [6.45, 7) is 5.70. The van der Waals surface area contributed by atoms with Gasteiger partial charge in [0.2, 0.25) is 5.91 Å². The van der Waals surface area contributed by atoms with Gasteiger partial charge in [0.15, 0.2) is 6.04 Å². The molecule has 2 atom stereocenters. The van der Waals surface area contributed by atoms with Crippen LogP contribution in [0.1, 0.15) is 19.8 Å². The molecule has 1 amide bonds. The third-order valence-electron chi connectivity index (χ3n) is 2.53. The van der Waals surface area contributed by atoms with Crippen molar-refractivity contribution in [2.75, 3.05) is 13.2 Å². The van der Waals surface area contributed by atoms with Gasteiger partial charge in [0.05, 0.1) is 12.7 Å². The number of rotatable bonds is 4. The van der Waals surface area contributed by atoms with Gasteiger partial charge in [-0.3, -0.25) is 4.79 Å². The van der Waals surface area contributed by atoms with Crippen molar-refractivity contribution in [3.05, 3.63) is 12.7 Å². The summed E-state index contributed by atoms with van der Waals surface area (Å²) >= 11 is 0. The van der Waals surface area contributed by atoms with Crippen LogP contribution in [-0.4, -0.2) is 47.2 Å². The van der Waals surface area contributed by atoms with Crippen LogP contribution in [0, 0.1) is 0 Å². The topological polar surface area (TPSA) is 66.8 Å². The van der Waals surface area contributed by atoms with E-state index < -0.39 is 18.1 Å². The summed E-state index contributed by atoms with van der Waals surface area (Å²) in [5, 5.41) is 9.75. The summed E-state index contributed by atoms with van der Waals surface area (Å²) in [4.78, 5) is 24.6. The number of aliphatic hydroxyl groups is 1. The average Bonchev–Trinajstić information content (AvgIpc) is 2.24. The molecule has 0 aromatic carbocycles. The van der Waals surface area contributed by atoms with Crippen molar-refractivity contribution in [2.24, 2.45) is 0 Å². The summed E-state index contributed by atoms with van der Waals surface area (Å²) in [7, 11) is 0. The summed E-state index contributed by atoms with van der Waals surface area (Å²) < 4.78 is 4.85. The van der Waals surface area contributed by atoms with Gasteiger partial charge in [0.1, 0.15) is 0 Å². The van der Waals surface area contributed by atoms with Crippen LogP contribution in [0.4, 0.5) is 0 Å². The largest absolute Gasteiger partial charge is 0.464 e. The van der Waals surface area contributed by atoms with Crippen LogP contribution in [0.2, 0.25) is 0 Å². The number of ether oxygens (including phenoxy) is 1. The number of aliphatic hydroxyl groups excluding tert-OH is 1. The molecular formula is C11H17NO4. The zero-order chi connectivity index (χ0) is 12.1. The molecule has 0 aromatic rings. The first kappa shape index (κ1) is 12.7. The van der Waals surface area contributed by atoms with Gasteiger partial charge < -0.3 is 14.7 Å². The van der Waals surface area contributed by atoms with E-state index in [0.29, 0.717) is 6.42 Å². The molecule has 1 rings (SSSR count). The number of nitrogens with zero attached hydrogens (tertiary/aromatic N) is 1. The quantitative estimate of drug-likeness (QED) is 0.546. The Morgan fingerprint density at radius 1 is 1.75 bits per heavy atom. The second-order valence-electron chi connectivity index (χ2n) is 3.64. The van der Waals surface area contributed by atoms with E-state index in [0.717, 1.165) is 0 Å². The Morgan fingerprint density at radius 3 is 3.00 bits per heavy atom. The maximum absolute atomic E-state index is 11.6. The summed E-state index contributed by atoms with van der Waals surface area (Å²) in [5.41, 5.74) is 0. The highest BCUT2D eigenvalue weighted by molar-refractivity contribution is 5.86. The Morgan fingerprint density at radius 2 is 2.44 bits per heavy atom. The number of carbonyl (C=O) groups excluding carboxylic acids is 2. The number of piperidine rings is 1. The van der Waals surface area contributed by atoms with E-state index in [2.05, 4.69) is 6.58 Å². The molecule has 1 N–H and O–H groups in total. The monoisotopic (exact) mass is 227 g/mol. The molecule has 0 saturated carbocycles. The minimum atomic E-state index is -0.890. The Labute approximate surface area is 94.7 Å². The fourth-order valence-corrected chi connectivity index (χ4v) is 1.80. The van der Waals surface area contributed by atoms with Gasteiger partial charge in [-0.15, -0.1) is 6.58 Å². The minimum Gasteiger partial charge on any atom is -0.464 e. The Balaban J connectivity index is 2.83. The fourth-order valence-electron chi connectivity index (χ4n) is 1.80. The lowest BCUT2D eigenvalue weighted by Gasteiger charge is -2.36. The lowest BCUT2D eigenvalue weighted by Crippen LogP contribution is -2.55. The van der Waals surface area contributed by atoms with Gasteiger partial charge >= 0.3 is 5.97 Å². The summed E-state index contributed by atoms with van der Waals surface area (Å²) in [5.74, 6) is -0.701. The van der Waals surface area contributed by atoms with E-state index in [-0.39, 0.29) is 25.5 Å². The molecule has 90 valence electrons. The summed E-state index contributed by atoms with van der Waals surface area (Å²) in [6, 6.07) is -0.890. The van der Waals surface area contributed by atoms with Crippen molar-refractivity contribution in [3.8, 4) is 0 Å². The van der Waals surface area contributed by atoms with E-state index in [1.165, 1.54) is 11.0 Å². The molecule has 1 fully saturated rings. The predicted molar refractivity (Wildman–Crippen MR) is 57.6 cm³/mol. The maximum atomic E-state index is 11.6. The van der Waals surface area contributed by atoms with Crippen LogP contribution in [0.5, 0.6) is 0 Å². The number of amides is 1. The second-order valence-corrected chi connectivity index (χ2v) is 3.64. The number of likely N-dealkylation sites (tertiary alicyclic amines) is 1. The molecule has 1 aliphatic rings. The lowest BCUT2D eigenvalue weighted by atomic mass is 9.98. The molecule has 1 saturated heterocycles. The highest BCUT2D eigenvalue weighted by Gasteiger charge is 2.39. The molecule has 5 nitrogen and oxygen atoms in total. The number of hydrogen-bond acceptors (Lipinski definition) is 4. The first-order chi connectivity index (χ1) is 7.61. The zero-order valence-electron chi connectivity index (χ0n) is 9.39. The Bertz CT molecular complexity index is 290. The van der Waals surface area contributed by atoms with E-state index in [1.54, 1.807) is 6.92 Å². The number of carbonyl (C=O) groups is 2. The van der Waals surface area contributed by atoms with Crippen LogP contribution in [0.25, 0.3) is 0 Å².